The first-order chi connectivity index (χ1) is 5.02. The van der Waals surface area contributed by atoms with Crippen LogP contribution in [-0.2, 0) is 4.74 Å². The molecule has 0 saturated carbocycles. The van der Waals surface area contributed by atoms with Crippen molar-refractivity contribution in [2.45, 2.75) is 32.2 Å². The monoisotopic (exact) mass is 174 g/mol. The Labute approximate surface area is 62.3 Å². The molecule has 11 heavy (non-hydrogen) atoms. The smallest absolute Gasteiger partial charge is 0.283 e. The van der Waals surface area contributed by atoms with Gasteiger partial charge in [-0.25, -0.2) is 8.78 Å². The highest BCUT2D eigenvalue weighted by Gasteiger charge is 2.32. The molecule has 0 saturated heterocycles. The summed E-state index contributed by atoms with van der Waals surface area (Å²) in [5.41, 5.74) is 0. The third kappa shape index (κ3) is 5.01. The van der Waals surface area contributed by atoms with Crippen LogP contribution in [0, 0.1) is 0 Å². The van der Waals surface area contributed by atoms with Crippen molar-refractivity contribution < 1.29 is 22.3 Å². The van der Waals surface area contributed by atoms with Gasteiger partial charge in [0.05, 0.1) is 0 Å². The summed E-state index contributed by atoms with van der Waals surface area (Å²) in [6.45, 7) is -0.0424. The van der Waals surface area contributed by atoms with E-state index in [2.05, 4.69) is 4.74 Å². The van der Waals surface area contributed by atoms with Crippen LogP contribution in [0.3, 0.4) is 0 Å². The van der Waals surface area contributed by atoms with Gasteiger partial charge in [0.25, 0.3) is 0 Å². The molecule has 0 N–H and O–H groups in total. The zero-order valence-electron chi connectivity index (χ0n) is 6.12. The maximum atomic E-state index is 12.2. The van der Waals surface area contributed by atoms with Crippen molar-refractivity contribution in [3.05, 3.63) is 0 Å². The average molecular weight is 174 g/mol. The Morgan fingerprint density at radius 3 is 2.36 bits per heavy atom. The van der Waals surface area contributed by atoms with Crippen molar-refractivity contribution in [3.8, 4) is 0 Å². The second-order valence-electron chi connectivity index (χ2n) is 2.07. The van der Waals surface area contributed by atoms with Gasteiger partial charge in [-0.3, -0.25) is 4.74 Å². The van der Waals surface area contributed by atoms with Gasteiger partial charge in [0, 0.05) is 6.42 Å². The maximum absolute atomic E-state index is 12.2. The Balaban J connectivity index is 3.70. The van der Waals surface area contributed by atoms with Crippen molar-refractivity contribution in [2.24, 2.45) is 0 Å². The summed E-state index contributed by atoms with van der Waals surface area (Å²) >= 11 is 0. The van der Waals surface area contributed by atoms with E-state index in [9.17, 15) is 17.6 Å². The Kier molecular flexibility index (Phi) is 4.40. The van der Waals surface area contributed by atoms with Crippen molar-refractivity contribution >= 4 is 0 Å². The molecule has 1 nitrogen and oxygen atoms in total. The van der Waals surface area contributed by atoms with Crippen LogP contribution < -0.4 is 0 Å². The largest absolute Gasteiger partial charge is 0.358 e. The Morgan fingerprint density at radius 1 is 1.45 bits per heavy atom. The van der Waals surface area contributed by atoms with E-state index in [0.717, 1.165) is 0 Å². The Bertz CT molecular complexity index is 107. The van der Waals surface area contributed by atoms with Crippen molar-refractivity contribution in [1.82, 2.24) is 0 Å². The van der Waals surface area contributed by atoms with Gasteiger partial charge in [0.15, 0.2) is 0 Å². The van der Waals surface area contributed by atoms with Crippen LogP contribution >= 0.6 is 0 Å². The van der Waals surface area contributed by atoms with E-state index in [1.807, 2.05) is 0 Å². The quantitative estimate of drug-likeness (QED) is 0.582. The molecule has 68 valence electrons. The summed E-state index contributed by atoms with van der Waals surface area (Å²) in [6.07, 6.45) is -6.49. The Morgan fingerprint density at radius 2 is 2.00 bits per heavy atom. The first-order valence-corrected chi connectivity index (χ1v) is 3.27. The van der Waals surface area contributed by atoms with Gasteiger partial charge in [-0.15, -0.1) is 0 Å². The molecule has 0 radical (unpaired) electrons. The molecule has 0 aromatic carbocycles. The van der Waals surface area contributed by atoms with E-state index >= 15 is 0 Å². The predicted octanol–water partition coefficient (Wildman–Crippen LogP) is 2.66. The lowest BCUT2D eigenvalue weighted by Crippen LogP contribution is -2.26. The van der Waals surface area contributed by atoms with Crippen LogP contribution in [0.4, 0.5) is 17.6 Å². The zero-order chi connectivity index (χ0) is 8.91. The highest BCUT2D eigenvalue weighted by atomic mass is 19.3. The SMILES string of the molecule is CCCC(F)(F)OC(F)CF. The van der Waals surface area contributed by atoms with Gasteiger partial charge in [0.2, 0.25) is 6.36 Å². The van der Waals surface area contributed by atoms with Gasteiger partial charge >= 0.3 is 6.11 Å². The first kappa shape index (κ1) is 10.7. The van der Waals surface area contributed by atoms with Gasteiger partial charge in [-0.1, -0.05) is 6.92 Å². The molecular formula is C6H10F4O. The Hall–Kier alpha value is -0.320. The summed E-state index contributed by atoms with van der Waals surface area (Å²) in [7, 11) is 0. The van der Waals surface area contributed by atoms with Crippen LogP contribution in [0.5, 0.6) is 0 Å². The van der Waals surface area contributed by atoms with Crippen molar-refractivity contribution in [1.29, 1.82) is 0 Å². The van der Waals surface area contributed by atoms with E-state index in [0.29, 0.717) is 0 Å². The second-order valence-corrected chi connectivity index (χ2v) is 2.07. The fourth-order valence-electron chi connectivity index (χ4n) is 0.569. The van der Waals surface area contributed by atoms with Crippen LogP contribution in [0.2, 0.25) is 0 Å². The van der Waals surface area contributed by atoms with Gasteiger partial charge in [0.1, 0.15) is 6.67 Å². The van der Waals surface area contributed by atoms with E-state index in [4.69, 9.17) is 0 Å². The summed E-state index contributed by atoms with van der Waals surface area (Å²) in [4.78, 5) is 0. The van der Waals surface area contributed by atoms with E-state index in [1.54, 1.807) is 0 Å². The minimum atomic E-state index is -3.54. The molecule has 0 spiro atoms. The molecule has 0 aliphatic heterocycles. The zero-order valence-corrected chi connectivity index (χ0v) is 6.12. The summed E-state index contributed by atoms with van der Waals surface area (Å²) in [5.74, 6) is 0. The van der Waals surface area contributed by atoms with Crippen molar-refractivity contribution in [2.75, 3.05) is 6.67 Å². The predicted molar refractivity (Wildman–Crippen MR) is 31.8 cm³/mol. The molecule has 0 aliphatic carbocycles. The highest BCUT2D eigenvalue weighted by Crippen LogP contribution is 2.23. The van der Waals surface area contributed by atoms with Gasteiger partial charge in [-0.2, -0.15) is 8.78 Å². The van der Waals surface area contributed by atoms with Gasteiger partial charge < -0.3 is 0 Å². The van der Waals surface area contributed by atoms with Crippen LogP contribution in [0.15, 0.2) is 0 Å². The van der Waals surface area contributed by atoms with Crippen LogP contribution in [0.1, 0.15) is 19.8 Å². The number of rotatable bonds is 5. The molecule has 5 heteroatoms. The minimum Gasteiger partial charge on any atom is -0.283 e. The second kappa shape index (κ2) is 4.54. The number of hydrogen-bond donors (Lipinski definition) is 0. The molecule has 1 atom stereocenters. The summed E-state index contributed by atoms with van der Waals surface area (Å²) in [6, 6.07) is 0. The average Bonchev–Trinajstić information content (AvgIpc) is 1.86. The van der Waals surface area contributed by atoms with E-state index in [1.165, 1.54) is 6.92 Å². The fourth-order valence-corrected chi connectivity index (χ4v) is 0.569. The number of hydrogen-bond acceptors (Lipinski definition) is 1. The van der Waals surface area contributed by atoms with Gasteiger partial charge in [-0.05, 0) is 6.42 Å². The molecule has 0 aromatic heterocycles. The molecule has 0 fully saturated rings. The van der Waals surface area contributed by atoms with E-state index in [-0.39, 0.29) is 6.42 Å². The summed E-state index contributed by atoms with van der Waals surface area (Å²) in [5, 5.41) is 0. The lowest BCUT2D eigenvalue weighted by Gasteiger charge is -2.16. The lowest BCUT2D eigenvalue weighted by atomic mass is 10.3. The normalized spacial score (nSPS) is 15.0. The third-order valence-corrected chi connectivity index (χ3v) is 0.963. The molecular weight excluding hydrogens is 164 g/mol. The molecule has 1 unspecified atom stereocenters. The van der Waals surface area contributed by atoms with Crippen LogP contribution in [-0.4, -0.2) is 19.1 Å². The maximum Gasteiger partial charge on any atom is 0.358 e. The van der Waals surface area contributed by atoms with Crippen LogP contribution in [0.25, 0.3) is 0 Å². The molecule has 0 heterocycles. The van der Waals surface area contributed by atoms with Crippen molar-refractivity contribution in [3.63, 3.8) is 0 Å². The number of halogens is 4. The lowest BCUT2D eigenvalue weighted by molar-refractivity contribution is -0.292. The first-order valence-electron chi connectivity index (χ1n) is 3.27. The number of alkyl halides is 4. The number of ether oxygens (including phenoxy) is 1. The summed E-state index contributed by atoms with van der Waals surface area (Å²) < 4.78 is 51.1. The minimum absolute atomic E-state index is 0.159. The topological polar surface area (TPSA) is 9.23 Å². The fraction of sp³-hybridized carbons (Fsp3) is 1.00. The third-order valence-electron chi connectivity index (χ3n) is 0.963. The molecule has 0 bridgehead atoms. The highest BCUT2D eigenvalue weighted by molar-refractivity contribution is 4.52. The standard InChI is InChI=1S/C6H10F4O/c1-2-3-6(9,10)11-5(8)4-7/h5H,2-4H2,1H3. The molecule has 0 aliphatic rings. The van der Waals surface area contributed by atoms with E-state index < -0.39 is 25.6 Å². The molecule has 0 amide bonds. The molecule has 0 rings (SSSR count). The molecule has 0 aromatic rings.